The summed E-state index contributed by atoms with van der Waals surface area (Å²) < 4.78 is 7.07. The van der Waals surface area contributed by atoms with Crippen molar-refractivity contribution in [1.82, 2.24) is 9.78 Å². The Balaban J connectivity index is 1.80. The van der Waals surface area contributed by atoms with E-state index in [-0.39, 0.29) is 24.5 Å². The molecule has 1 aromatic carbocycles. The van der Waals surface area contributed by atoms with E-state index in [1.807, 2.05) is 6.92 Å². The second kappa shape index (κ2) is 8.12. The molecule has 0 spiro atoms. The number of carbonyl (C=O) groups is 2. The van der Waals surface area contributed by atoms with Gasteiger partial charge in [0.25, 0.3) is 0 Å². The molecule has 1 amide bonds. The summed E-state index contributed by atoms with van der Waals surface area (Å²) in [7, 11) is 1.77. The minimum atomic E-state index is -0.200. The molecule has 0 atom stereocenters. The van der Waals surface area contributed by atoms with Gasteiger partial charge in [0, 0.05) is 31.6 Å². The van der Waals surface area contributed by atoms with Gasteiger partial charge in [0.2, 0.25) is 5.91 Å². The molecule has 0 bridgehead atoms. The average Bonchev–Trinajstić information content (AvgIpc) is 2.96. The smallest absolute Gasteiger partial charge is 0.224 e. The lowest BCUT2D eigenvalue weighted by molar-refractivity contribution is -0.116. The minimum absolute atomic E-state index is 0.0617. The van der Waals surface area contributed by atoms with Crippen LogP contribution in [-0.4, -0.2) is 28.1 Å². The van der Waals surface area contributed by atoms with Crippen LogP contribution in [0.3, 0.4) is 0 Å². The number of hydrogen-bond donors (Lipinski definition) is 1. The lowest BCUT2D eigenvalue weighted by Crippen LogP contribution is -2.13. The van der Waals surface area contributed by atoms with Gasteiger partial charge in [-0.3, -0.25) is 14.3 Å². The molecule has 0 fully saturated rings. The van der Waals surface area contributed by atoms with Gasteiger partial charge in [0.05, 0.1) is 18.5 Å². The van der Waals surface area contributed by atoms with Crippen LogP contribution in [-0.2, 0) is 11.8 Å². The van der Waals surface area contributed by atoms with Crippen LogP contribution in [0.5, 0.6) is 5.75 Å². The Labute approximate surface area is 135 Å². The maximum Gasteiger partial charge on any atom is 0.224 e. The lowest BCUT2D eigenvalue weighted by atomic mass is 10.1. The summed E-state index contributed by atoms with van der Waals surface area (Å²) in [4.78, 5) is 23.9. The molecular formula is C17H21N3O3. The summed E-state index contributed by atoms with van der Waals surface area (Å²) in [5, 5.41) is 6.67. The van der Waals surface area contributed by atoms with Crippen molar-refractivity contribution in [2.45, 2.75) is 26.2 Å². The number of nitrogens with one attached hydrogen (secondary N) is 1. The Hall–Kier alpha value is -2.63. The van der Waals surface area contributed by atoms with Crippen LogP contribution < -0.4 is 10.1 Å². The van der Waals surface area contributed by atoms with E-state index in [9.17, 15) is 9.59 Å². The number of ketones is 1. The number of amides is 1. The van der Waals surface area contributed by atoms with Crippen LogP contribution in [0, 0.1) is 0 Å². The van der Waals surface area contributed by atoms with Crippen molar-refractivity contribution >= 4 is 17.4 Å². The van der Waals surface area contributed by atoms with Crippen LogP contribution in [0.4, 0.5) is 5.69 Å². The molecule has 1 aromatic heterocycles. The first kappa shape index (κ1) is 16.7. The second-order valence-corrected chi connectivity index (χ2v) is 5.25. The summed E-state index contributed by atoms with van der Waals surface area (Å²) in [5.74, 6) is 0.486. The summed E-state index contributed by atoms with van der Waals surface area (Å²) in [6.45, 7) is 2.69. The Kier molecular flexibility index (Phi) is 5.91. The molecule has 0 saturated heterocycles. The van der Waals surface area contributed by atoms with Gasteiger partial charge in [0.15, 0.2) is 5.78 Å². The van der Waals surface area contributed by atoms with Crippen molar-refractivity contribution in [3.8, 4) is 5.75 Å². The average molecular weight is 315 g/mol. The van der Waals surface area contributed by atoms with Gasteiger partial charge in [-0.2, -0.15) is 5.10 Å². The fourth-order valence-corrected chi connectivity index (χ4v) is 2.04. The van der Waals surface area contributed by atoms with E-state index in [1.54, 1.807) is 48.4 Å². The van der Waals surface area contributed by atoms with Crippen molar-refractivity contribution in [2.24, 2.45) is 7.05 Å². The summed E-state index contributed by atoms with van der Waals surface area (Å²) in [6, 6.07) is 7.01. The number of aryl methyl sites for hydroxylation is 1. The maximum absolute atomic E-state index is 12.1. The van der Waals surface area contributed by atoms with E-state index < -0.39 is 0 Å². The van der Waals surface area contributed by atoms with E-state index in [1.165, 1.54) is 0 Å². The SMILES string of the molecule is CCCOc1ccc(C(=O)CCC(=O)Nc2cnn(C)c2)cc1. The number of benzene rings is 1. The number of Topliss-reactive ketones (excluding diaryl/α,β-unsaturated/α-hetero) is 1. The van der Waals surface area contributed by atoms with Gasteiger partial charge in [-0.1, -0.05) is 6.92 Å². The number of nitrogens with zero attached hydrogens (tertiary/aromatic N) is 2. The fraction of sp³-hybridized carbons (Fsp3) is 0.353. The molecule has 2 rings (SSSR count). The number of anilines is 1. The molecule has 0 unspecified atom stereocenters. The molecular weight excluding hydrogens is 294 g/mol. The molecule has 1 N–H and O–H groups in total. The molecule has 0 aliphatic heterocycles. The number of carbonyl (C=O) groups excluding carboxylic acids is 2. The normalized spacial score (nSPS) is 10.3. The van der Waals surface area contributed by atoms with Gasteiger partial charge < -0.3 is 10.1 Å². The molecule has 23 heavy (non-hydrogen) atoms. The Bertz CT molecular complexity index is 662. The second-order valence-electron chi connectivity index (χ2n) is 5.25. The van der Waals surface area contributed by atoms with Gasteiger partial charge >= 0.3 is 0 Å². The topological polar surface area (TPSA) is 73.2 Å². The number of hydrogen-bond acceptors (Lipinski definition) is 4. The Morgan fingerprint density at radius 2 is 1.96 bits per heavy atom. The highest BCUT2D eigenvalue weighted by Gasteiger charge is 2.10. The molecule has 0 radical (unpaired) electrons. The van der Waals surface area contributed by atoms with E-state index in [4.69, 9.17) is 4.74 Å². The molecule has 2 aromatic rings. The van der Waals surface area contributed by atoms with Crippen molar-refractivity contribution in [3.63, 3.8) is 0 Å². The van der Waals surface area contributed by atoms with Gasteiger partial charge in [-0.05, 0) is 30.7 Å². The third kappa shape index (κ3) is 5.25. The predicted molar refractivity (Wildman–Crippen MR) is 87.6 cm³/mol. The molecule has 0 saturated carbocycles. The van der Waals surface area contributed by atoms with Crippen LogP contribution in [0.1, 0.15) is 36.5 Å². The lowest BCUT2D eigenvalue weighted by Gasteiger charge is -2.06. The van der Waals surface area contributed by atoms with E-state index in [2.05, 4.69) is 10.4 Å². The summed E-state index contributed by atoms with van der Waals surface area (Å²) in [6.07, 6.45) is 4.51. The summed E-state index contributed by atoms with van der Waals surface area (Å²) in [5.41, 5.74) is 1.21. The fourth-order valence-electron chi connectivity index (χ4n) is 2.04. The highest BCUT2D eigenvalue weighted by atomic mass is 16.5. The minimum Gasteiger partial charge on any atom is -0.494 e. The number of ether oxygens (including phenoxy) is 1. The van der Waals surface area contributed by atoms with Crippen molar-refractivity contribution in [1.29, 1.82) is 0 Å². The first-order valence-corrected chi connectivity index (χ1v) is 7.63. The van der Waals surface area contributed by atoms with Crippen molar-refractivity contribution in [2.75, 3.05) is 11.9 Å². The molecule has 122 valence electrons. The van der Waals surface area contributed by atoms with Crippen molar-refractivity contribution < 1.29 is 14.3 Å². The highest BCUT2D eigenvalue weighted by Crippen LogP contribution is 2.14. The first-order valence-electron chi connectivity index (χ1n) is 7.63. The number of rotatable bonds is 8. The molecule has 0 aliphatic carbocycles. The first-order chi connectivity index (χ1) is 11.1. The van der Waals surface area contributed by atoms with Crippen molar-refractivity contribution in [3.05, 3.63) is 42.2 Å². The van der Waals surface area contributed by atoms with Crippen LogP contribution >= 0.6 is 0 Å². The van der Waals surface area contributed by atoms with Gasteiger partial charge in [-0.25, -0.2) is 0 Å². The largest absolute Gasteiger partial charge is 0.494 e. The molecule has 1 heterocycles. The van der Waals surface area contributed by atoms with E-state index >= 15 is 0 Å². The quantitative estimate of drug-likeness (QED) is 0.760. The highest BCUT2D eigenvalue weighted by molar-refractivity contribution is 6.00. The summed E-state index contributed by atoms with van der Waals surface area (Å²) >= 11 is 0. The zero-order valence-corrected chi connectivity index (χ0v) is 13.4. The van der Waals surface area contributed by atoms with E-state index in [0.717, 1.165) is 12.2 Å². The standard InChI is InChI=1S/C17H21N3O3/c1-3-10-23-15-6-4-13(5-7-15)16(21)8-9-17(22)19-14-11-18-20(2)12-14/h4-7,11-12H,3,8-10H2,1-2H3,(H,19,22). The van der Waals surface area contributed by atoms with E-state index in [0.29, 0.717) is 17.9 Å². The van der Waals surface area contributed by atoms with Gasteiger partial charge in [-0.15, -0.1) is 0 Å². The monoisotopic (exact) mass is 315 g/mol. The maximum atomic E-state index is 12.1. The van der Waals surface area contributed by atoms with Crippen LogP contribution in [0.2, 0.25) is 0 Å². The molecule has 6 nitrogen and oxygen atoms in total. The van der Waals surface area contributed by atoms with Crippen LogP contribution in [0.15, 0.2) is 36.7 Å². The molecule has 0 aliphatic rings. The third-order valence-corrected chi connectivity index (χ3v) is 3.22. The Morgan fingerprint density at radius 1 is 1.22 bits per heavy atom. The number of aromatic nitrogens is 2. The molecule has 6 heteroatoms. The third-order valence-electron chi connectivity index (χ3n) is 3.22. The van der Waals surface area contributed by atoms with Gasteiger partial charge in [0.1, 0.15) is 5.75 Å². The zero-order valence-electron chi connectivity index (χ0n) is 13.4. The zero-order chi connectivity index (χ0) is 16.7. The Morgan fingerprint density at radius 3 is 2.57 bits per heavy atom. The van der Waals surface area contributed by atoms with Crippen LogP contribution in [0.25, 0.3) is 0 Å². The predicted octanol–water partition coefficient (Wildman–Crippen LogP) is 2.81.